The second-order valence-corrected chi connectivity index (χ2v) is 6.18. The van der Waals surface area contributed by atoms with E-state index in [1.54, 1.807) is 0 Å². The van der Waals surface area contributed by atoms with E-state index in [0.717, 1.165) is 25.1 Å². The third kappa shape index (κ3) is 5.58. The van der Waals surface area contributed by atoms with Crippen LogP contribution in [0.15, 0.2) is 30.3 Å². The van der Waals surface area contributed by atoms with Crippen molar-refractivity contribution in [3.05, 3.63) is 30.3 Å². The predicted molar refractivity (Wildman–Crippen MR) is 89.1 cm³/mol. The second kappa shape index (κ2) is 8.56. The van der Waals surface area contributed by atoms with Gasteiger partial charge in [-0.15, -0.1) is 0 Å². The standard InChI is InChI=1S/C18H26N2O3/c1-14(10-12-23-17-8-4-3-5-9-17)18(22)20-11-6-7-16(13-20)19-15(2)21/h3-5,8-9,14,16H,6-7,10-13H2,1-2H3,(H,19,21)/t14-,16-/m1/s1. The molecule has 0 radical (unpaired) electrons. The van der Waals surface area contributed by atoms with E-state index in [9.17, 15) is 9.59 Å². The summed E-state index contributed by atoms with van der Waals surface area (Å²) in [5, 5.41) is 2.91. The quantitative estimate of drug-likeness (QED) is 0.875. The molecule has 1 heterocycles. The molecule has 2 rings (SSSR count). The van der Waals surface area contributed by atoms with E-state index in [4.69, 9.17) is 4.74 Å². The van der Waals surface area contributed by atoms with Crippen molar-refractivity contribution in [2.45, 2.75) is 39.2 Å². The lowest BCUT2D eigenvalue weighted by Gasteiger charge is -2.34. The zero-order chi connectivity index (χ0) is 16.7. The minimum Gasteiger partial charge on any atom is -0.494 e. The molecule has 0 saturated carbocycles. The van der Waals surface area contributed by atoms with Gasteiger partial charge in [0.2, 0.25) is 11.8 Å². The van der Waals surface area contributed by atoms with E-state index in [-0.39, 0.29) is 23.8 Å². The number of carbonyl (C=O) groups is 2. The number of nitrogens with one attached hydrogen (secondary N) is 1. The molecule has 0 aromatic heterocycles. The molecule has 2 atom stereocenters. The van der Waals surface area contributed by atoms with Crippen molar-refractivity contribution in [3.63, 3.8) is 0 Å². The molecule has 2 amide bonds. The Hall–Kier alpha value is -2.04. The van der Waals surface area contributed by atoms with Gasteiger partial charge in [-0.2, -0.15) is 0 Å². The Balaban J connectivity index is 1.76. The van der Waals surface area contributed by atoms with Crippen LogP contribution in [0.1, 0.15) is 33.1 Å². The van der Waals surface area contributed by atoms with Crippen LogP contribution in [0.3, 0.4) is 0 Å². The first-order chi connectivity index (χ1) is 11.1. The highest BCUT2D eigenvalue weighted by molar-refractivity contribution is 5.79. The smallest absolute Gasteiger partial charge is 0.225 e. The molecule has 126 valence electrons. The van der Waals surface area contributed by atoms with Gasteiger partial charge in [0.15, 0.2) is 0 Å². The summed E-state index contributed by atoms with van der Waals surface area (Å²) in [6, 6.07) is 9.71. The average Bonchev–Trinajstić information content (AvgIpc) is 2.54. The average molecular weight is 318 g/mol. The summed E-state index contributed by atoms with van der Waals surface area (Å²) < 4.78 is 5.66. The summed E-state index contributed by atoms with van der Waals surface area (Å²) in [5.74, 6) is 0.871. The number of para-hydroxylation sites is 1. The Kier molecular flexibility index (Phi) is 6.44. The van der Waals surface area contributed by atoms with Gasteiger partial charge in [0.1, 0.15) is 5.75 Å². The van der Waals surface area contributed by atoms with Gasteiger partial charge in [-0.25, -0.2) is 0 Å². The molecule has 5 nitrogen and oxygen atoms in total. The van der Waals surface area contributed by atoms with Gasteiger partial charge in [-0.3, -0.25) is 9.59 Å². The highest BCUT2D eigenvalue weighted by Gasteiger charge is 2.26. The van der Waals surface area contributed by atoms with E-state index in [1.807, 2.05) is 42.2 Å². The van der Waals surface area contributed by atoms with Gasteiger partial charge in [0.05, 0.1) is 6.61 Å². The lowest BCUT2D eigenvalue weighted by Crippen LogP contribution is -2.50. The molecular formula is C18H26N2O3. The van der Waals surface area contributed by atoms with E-state index in [1.165, 1.54) is 6.92 Å². The van der Waals surface area contributed by atoms with Crippen LogP contribution in [0.2, 0.25) is 0 Å². The number of ether oxygens (including phenoxy) is 1. The van der Waals surface area contributed by atoms with Crippen LogP contribution in [0, 0.1) is 5.92 Å². The highest BCUT2D eigenvalue weighted by atomic mass is 16.5. The fourth-order valence-electron chi connectivity index (χ4n) is 2.89. The van der Waals surface area contributed by atoms with Crippen LogP contribution >= 0.6 is 0 Å². The minimum absolute atomic E-state index is 0.0337. The number of hydrogen-bond donors (Lipinski definition) is 1. The van der Waals surface area contributed by atoms with Crippen LogP contribution in [-0.2, 0) is 9.59 Å². The first-order valence-electron chi connectivity index (χ1n) is 8.30. The van der Waals surface area contributed by atoms with Gasteiger partial charge >= 0.3 is 0 Å². The molecule has 1 aliphatic rings. The van der Waals surface area contributed by atoms with Gasteiger partial charge in [-0.05, 0) is 31.4 Å². The Morgan fingerprint density at radius 2 is 2.09 bits per heavy atom. The van der Waals surface area contributed by atoms with E-state index < -0.39 is 0 Å². The maximum absolute atomic E-state index is 12.5. The first kappa shape index (κ1) is 17.3. The van der Waals surface area contributed by atoms with E-state index in [0.29, 0.717) is 19.6 Å². The Labute approximate surface area is 138 Å². The topological polar surface area (TPSA) is 58.6 Å². The third-order valence-corrected chi connectivity index (χ3v) is 4.12. The third-order valence-electron chi connectivity index (χ3n) is 4.12. The normalized spacial score (nSPS) is 19.0. The Bertz CT molecular complexity index is 518. The van der Waals surface area contributed by atoms with Crippen molar-refractivity contribution in [2.75, 3.05) is 19.7 Å². The summed E-state index contributed by atoms with van der Waals surface area (Å²) >= 11 is 0. The van der Waals surface area contributed by atoms with Crippen molar-refractivity contribution in [1.82, 2.24) is 10.2 Å². The number of hydrogen-bond acceptors (Lipinski definition) is 3. The summed E-state index contributed by atoms with van der Waals surface area (Å²) in [5.41, 5.74) is 0. The van der Waals surface area contributed by atoms with E-state index in [2.05, 4.69) is 5.32 Å². The number of piperidine rings is 1. The van der Waals surface area contributed by atoms with Crippen molar-refractivity contribution >= 4 is 11.8 Å². The predicted octanol–water partition coefficient (Wildman–Crippen LogP) is 2.22. The largest absolute Gasteiger partial charge is 0.494 e. The molecule has 1 aromatic carbocycles. The maximum atomic E-state index is 12.5. The number of amides is 2. The van der Waals surface area contributed by atoms with Gasteiger partial charge in [-0.1, -0.05) is 25.1 Å². The maximum Gasteiger partial charge on any atom is 0.225 e. The number of nitrogens with zero attached hydrogens (tertiary/aromatic N) is 1. The van der Waals surface area contributed by atoms with Gasteiger partial charge in [0.25, 0.3) is 0 Å². The zero-order valence-electron chi connectivity index (χ0n) is 14.0. The molecule has 0 spiro atoms. The fourth-order valence-corrected chi connectivity index (χ4v) is 2.89. The Morgan fingerprint density at radius 3 is 2.78 bits per heavy atom. The molecule has 0 bridgehead atoms. The van der Waals surface area contributed by atoms with Crippen LogP contribution < -0.4 is 10.1 Å². The minimum atomic E-state index is -0.0743. The second-order valence-electron chi connectivity index (χ2n) is 6.18. The summed E-state index contributed by atoms with van der Waals surface area (Å²) in [6.45, 7) is 5.38. The lowest BCUT2D eigenvalue weighted by atomic mass is 10.0. The van der Waals surface area contributed by atoms with Crippen molar-refractivity contribution in [2.24, 2.45) is 5.92 Å². The number of benzene rings is 1. The monoisotopic (exact) mass is 318 g/mol. The number of rotatable bonds is 6. The Morgan fingerprint density at radius 1 is 1.35 bits per heavy atom. The van der Waals surface area contributed by atoms with Crippen molar-refractivity contribution in [1.29, 1.82) is 0 Å². The summed E-state index contributed by atoms with van der Waals surface area (Å²) in [4.78, 5) is 25.6. The van der Waals surface area contributed by atoms with Crippen LogP contribution in [0.25, 0.3) is 0 Å². The SMILES string of the molecule is CC(=O)N[C@@H]1CCCN(C(=O)[C@H](C)CCOc2ccccc2)C1. The lowest BCUT2D eigenvalue weighted by molar-refractivity contribution is -0.137. The van der Waals surface area contributed by atoms with Crippen LogP contribution in [0.5, 0.6) is 5.75 Å². The fraction of sp³-hybridized carbons (Fsp3) is 0.556. The van der Waals surface area contributed by atoms with Crippen LogP contribution in [-0.4, -0.2) is 42.5 Å². The zero-order valence-corrected chi connectivity index (χ0v) is 14.0. The number of carbonyl (C=O) groups excluding carboxylic acids is 2. The summed E-state index contributed by atoms with van der Waals surface area (Å²) in [7, 11) is 0. The van der Waals surface area contributed by atoms with Gasteiger partial charge in [0, 0.05) is 32.0 Å². The van der Waals surface area contributed by atoms with Crippen molar-refractivity contribution < 1.29 is 14.3 Å². The molecule has 0 aliphatic carbocycles. The molecule has 23 heavy (non-hydrogen) atoms. The number of likely N-dealkylation sites (tertiary alicyclic amines) is 1. The molecule has 1 N–H and O–H groups in total. The molecule has 1 fully saturated rings. The molecule has 1 aliphatic heterocycles. The molecule has 1 saturated heterocycles. The molecule has 1 aromatic rings. The molecule has 5 heteroatoms. The van der Waals surface area contributed by atoms with Crippen LogP contribution in [0.4, 0.5) is 0 Å². The van der Waals surface area contributed by atoms with Gasteiger partial charge < -0.3 is 15.0 Å². The van der Waals surface area contributed by atoms with E-state index >= 15 is 0 Å². The first-order valence-corrected chi connectivity index (χ1v) is 8.30. The summed E-state index contributed by atoms with van der Waals surface area (Å²) in [6.07, 6.45) is 2.56. The molecular weight excluding hydrogens is 292 g/mol. The molecule has 0 unspecified atom stereocenters. The van der Waals surface area contributed by atoms with Crippen molar-refractivity contribution in [3.8, 4) is 5.75 Å². The highest BCUT2D eigenvalue weighted by Crippen LogP contribution is 2.16.